The molecule has 0 saturated carbocycles. The molecule has 3 amide bonds. The van der Waals surface area contributed by atoms with E-state index in [0.717, 1.165) is 11.1 Å². The van der Waals surface area contributed by atoms with Crippen LogP contribution < -0.4 is 10.6 Å². The quantitative estimate of drug-likeness (QED) is 0.713. The Kier molecular flexibility index (Phi) is 7.95. The molecule has 2 aromatic carbocycles. The van der Waals surface area contributed by atoms with Gasteiger partial charge in [0.1, 0.15) is 0 Å². The van der Waals surface area contributed by atoms with Gasteiger partial charge in [0.15, 0.2) is 0 Å². The van der Waals surface area contributed by atoms with Crippen molar-refractivity contribution in [3.8, 4) is 0 Å². The first kappa shape index (κ1) is 21.1. The number of amides is 3. The van der Waals surface area contributed by atoms with Crippen molar-refractivity contribution in [1.82, 2.24) is 15.5 Å². The van der Waals surface area contributed by atoms with Crippen molar-refractivity contribution in [1.29, 1.82) is 0 Å². The molecule has 0 aliphatic heterocycles. The first-order valence-electron chi connectivity index (χ1n) is 8.64. The molecule has 0 spiro atoms. The number of carbonyl (C=O) groups excluding carboxylic acids is 2. The van der Waals surface area contributed by atoms with Crippen molar-refractivity contribution in [3.63, 3.8) is 0 Å². The molecule has 0 saturated heterocycles. The lowest BCUT2D eigenvalue weighted by molar-refractivity contribution is -0.121. The van der Waals surface area contributed by atoms with Gasteiger partial charge in [0, 0.05) is 26.6 Å². The van der Waals surface area contributed by atoms with E-state index in [4.69, 9.17) is 23.2 Å². The van der Waals surface area contributed by atoms with Gasteiger partial charge in [-0.3, -0.25) is 4.79 Å². The lowest BCUT2D eigenvalue weighted by atomic mass is 10.1. The number of halogens is 2. The molecular formula is C20H23Cl2N3O2. The van der Waals surface area contributed by atoms with Gasteiger partial charge in [-0.2, -0.15) is 0 Å². The van der Waals surface area contributed by atoms with Crippen LogP contribution in [-0.2, 0) is 11.3 Å². The third-order valence-corrected chi connectivity index (χ3v) is 4.80. The number of urea groups is 1. The molecule has 1 unspecified atom stereocenters. The van der Waals surface area contributed by atoms with E-state index in [1.165, 1.54) is 0 Å². The number of nitrogens with one attached hydrogen (secondary N) is 2. The molecule has 27 heavy (non-hydrogen) atoms. The standard InChI is InChI=1S/C20H23Cl2N3O2/c1-14(16-8-9-17(21)18(22)12-16)24-19(26)10-11-23-20(27)25(2)13-15-6-4-3-5-7-15/h3-9,12,14H,10-11,13H2,1-2H3,(H,23,27)(H,24,26). The van der Waals surface area contributed by atoms with Crippen LogP contribution in [0.15, 0.2) is 48.5 Å². The maximum atomic E-state index is 12.1. The predicted molar refractivity (Wildman–Crippen MR) is 109 cm³/mol. The van der Waals surface area contributed by atoms with Crippen LogP contribution in [0.2, 0.25) is 10.0 Å². The molecule has 2 aromatic rings. The highest BCUT2D eigenvalue weighted by molar-refractivity contribution is 6.42. The first-order chi connectivity index (χ1) is 12.9. The fourth-order valence-electron chi connectivity index (χ4n) is 2.53. The largest absolute Gasteiger partial charge is 0.350 e. The lowest BCUT2D eigenvalue weighted by Crippen LogP contribution is -2.39. The van der Waals surface area contributed by atoms with Gasteiger partial charge in [-0.25, -0.2) is 4.79 Å². The van der Waals surface area contributed by atoms with Gasteiger partial charge in [0.05, 0.1) is 16.1 Å². The Balaban J connectivity index is 1.73. The molecular weight excluding hydrogens is 385 g/mol. The summed E-state index contributed by atoms with van der Waals surface area (Å²) in [4.78, 5) is 25.8. The molecule has 0 radical (unpaired) electrons. The summed E-state index contributed by atoms with van der Waals surface area (Å²) in [6.45, 7) is 2.63. The van der Waals surface area contributed by atoms with Crippen LogP contribution in [0.25, 0.3) is 0 Å². The van der Waals surface area contributed by atoms with Crippen molar-refractivity contribution in [2.75, 3.05) is 13.6 Å². The van der Waals surface area contributed by atoms with E-state index in [2.05, 4.69) is 10.6 Å². The minimum Gasteiger partial charge on any atom is -0.350 e. The third kappa shape index (κ3) is 6.77. The van der Waals surface area contributed by atoms with Crippen LogP contribution in [-0.4, -0.2) is 30.4 Å². The maximum Gasteiger partial charge on any atom is 0.317 e. The fourth-order valence-corrected chi connectivity index (χ4v) is 2.83. The average molecular weight is 408 g/mol. The highest BCUT2D eigenvalue weighted by Crippen LogP contribution is 2.25. The monoisotopic (exact) mass is 407 g/mol. The van der Waals surface area contributed by atoms with Crippen LogP contribution in [0.4, 0.5) is 4.79 Å². The summed E-state index contributed by atoms with van der Waals surface area (Å²) in [6.07, 6.45) is 0.191. The summed E-state index contributed by atoms with van der Waals surface area (Å²) < 4.78 is 0. The average Bonchev–Trinajstić information content (AvgIpc) is 2.64. The molecule has 0 heterocycles. The summed E-state index contributed by atoms with van der Waals surface area (Å²) >= 11 is 11.9. The van der Waals surface area contributed by atoms with Crippen LogP contribution in [0.5, 0.6) is 0 Å². The number of rotatable bonds is 7. The topological polar surface area (TPSA) is 61.4 Å². The van der Waals surface area contributed by atoms with Gasteiger partial charge >= 0.3 is 6.03 Å². The molecule has 2 N–H and O–H groups in total. The molecule has 1 atom stereocenters. The molecule has 144 valence electrons. The maximum absolute atomic E-state index is 12.1. The number of benzene rings is 2. The zero-order valence-electron chi connectivity index (χ0n) is 15.3. The lowest BCUT2D eigenvalue weighted by Gasteiger charge is -2.18. The van der Waals surface area contributed by atoms with E-state index in [1.54, 1.807) is 24.1 Å². The van der Waals surface area contributed by atoms with Crippen molar-refractivity contribution < 1.29 is 9.59 Å². The Morgan fingerprint density at radius 1 is 1.07 bits per heavy atom. The first-order valence-corrected chi connectivity index (χ1v) is 9.39. The Labute approximate surface area is 169 Å². The van der Waals surface area contributed by atoms with Gasteiger partial charge in [0.25, 0.3) is 0 Å². The zero-order chi connectivity index (χ0) is 19.8. The van der Waals surface area contributed by atoms with Crippen molar-refractivity contribution in [2.24, 2.45) is 0 Å². The number of hydrogen-bond acceptors (Lipinski definition) is 2. The summed E-state index contributed by atoms with van der Waals surface area (Å²) in [5.41, 5.74) is 1.91. The highest BCUT2D eigenvalue weighted by Gasteiger charge is 2.13. The molecule has 0 aromatic heterocycles. The Morgan fingerprint density at radius 2 is 1.78 bits per heavy atom. The second-order valence-corrected chi connectivity index (χ2v) is 7.10. The van der Waals surface area contributed by atoms with Gasteiger partial charge in [-0.1, -0.05) is 59.6 Å². The zero-order valence-corrected chi connectivity index (χ0v) is 16.8. The molecule has 0 bridgehead atoms. The van der Waals surface area contributed by atoms with Crippen LogP contribution in [0.3, 0.4) is 0 Å². The Hall–Kier alpha value is -2.24. The van der Waals surface area contributed by atoms with Crippen LogP contribution in [0.1, 0.15) is 30.5 Å². The molecule has 0 aliphatic rings. The van der Waals surface area contributed by atoms with Crippen molar-refractivity contribution >= 4 is 35.1 Å². The van der Waals surface area contributed by atoms with E-state index in [-0.39, 0.29) is 30.9 Å². The molecule has 5 nitrogen and oxygen atoms in total. The van der Waals surface area contributed by atoms with Crippen LogP contribution >= 0.6 is 23.2 Å². The van der Waals surface area contributed by atoms with Crippen molar-refractivity contribution in [2.45, 2.75) is 25.9 Å². The van der Waals surface area contributed by atoms with E-state index >= 15 is 0 Å². The molecule has 0 aliphatic carbocycles. The highest BCUT2D eigenvalue weighted by atomic mass is 35.5. The second-order valence-electron chi connectivity index (χ2n) is 6.29. The van der Waals surface area contributed by atoms with Gasteiger partial charge in [0.2, 0.25) is 5.91 Å². The molecule has 2 rings (SSSR count). The van der Waals surface area contributed by atoms with Gasteiger partial charge in [-0.05, 0) is 30.2 Å². The summed E-state index contributed by atoms with van der Waals surface area (Å²) in [5, 5.41) is 6.55. The Morgan fingerprint density at radius 3 is 2.44 bits per heavy atom. The smallest absolute Gasteiger partial charge is 0.317 e. The molecule has 0 fully saturated rings. The summed E-state index contributed by atoms with van der Waals surface area (Å²) in [5.74, 6) is -0.153. The summed E-state index contributed by atoms with van der Waals surface area (Å²) in [7, 11) is 1.72. The SMILES string of the molecule is CC(NC(=O)CCNC(=O)N(C)Cc1ccccc1)c1ccc(Cl)c(Cl)c1. The van der Waals surface area contributed by atoms with E-state index in [0.29, 0.717) is 16.6 Å². The van der Waals surface area contributed by atoms with E-state index in [1.807, 2.05) is 43.3 Å². The Bertz CT molecular complexity index is 784. The molecule has 7 heteroatoms. The fraction of sp³-hybridized carbons (Fsp3) is 0.300. The number of carbonyl (C=O) groups is 2. The van der Waals surface area contributed by atoms with Crippen LogP contribution in [0, 0.1) is 0 Å². The minimum atomic E-state index is -0.218. The predicted octanol–water partition coefficient (Wildman–Crippen LogP) is 4.40. The second kappa shape index (κ2) is 10.2. The van der Waals surface area contributed by atoms with Gasteiger partial charge in [-0.15, -0.1) is 0 Å². The van der Waals surface area contributed by atoms with E-state index in [9.17, 15) is 9.59 Å². The normalized spacial score (nSPS) is 11.6. The third-order valence-electron chi connectivity index (χ3n) is 4.06. The minimum absolute atomic E-state index is 0.153. The van der Waals surface area contributed by atoms with Crippen molar-refractivity contribution in [3.05, 3.63) is 69.7 Å². The summed E-state index contributed by atoms with van der Waals surface area (Å²) in [6, 6.07) is 14.5. The van der Waals surface area contributed by atoms with Gasteiger partial charge < -0.3 is 15.5 Å². The number of hydrogen-bond donors (Lipinski definition) is 2. The van der Waals surface area contributed by atoms with E-state index < -0.39 is 0 Å². The number of nitrogens with zero attached hydrogens (tertiary/aromatic N) is 1.